The molecule has 2 N–H and O–H groups in total. The highest BCUT2D eigenvalue weighted by molar-refractivity contribution is 5.91. The second-order valence-electron chi connectivity index (χ2n) is 4.60. The molecule has 0 saturated carbocycles. The molecule has 1 atom stereocenters. The maximum absolute atomic E-state index is 13.0. The Morgan fingerprint density at radius 1 is 1.61 bits per heavy atom. The Labute approximate surface area is 106 Å². The maximum Gasteiger partial charge on any atom is 0.225 e. The van der Waals surface area contributed by atoms with Crippen molar-refractivity contribution in [2.24, 2.45) is 0 Å². The van der Waals surface area contributed by atoms with Gasteiger partial charge in [0.15, 0.2) is 0 Å². The molecule has 0 spiro atoms. The van der Waals surface area contributed by atoms with Crippen LogP contribution in [0.5, 0.6) is 0 Å². The van der Waals surface area contributed by atoms with Crippen LogP contribution in [0.3, 0.4) is 0 Å². The number of anilines is 1. The molecule has 1 saturated heterocycles. The van der Waals surface area contributed by atoms with Crippen molar-refractivity contribution in [3.8, 4) is 0 Å². The van der Waals surface area contributed by atoms with Gasteiger partial charge < -0.3 is 15.5 Å². The van der Waals surface area contributed by atoms with Crippen molar-refractivity contribution in [3.05, 3.63) is 30.1 Å². The van der Waals surface area contributed by atoms with E-state index in [0.29, 0.717) is 12.1 Å². The highest BCUT2D eigenvalue weighted by Crippen LogP contribution is 2.11. The third-order valence-corrected chi connectivity index (χ3v) is 3.17. The van der Waals surface area contributed by atoms with E-state index in [1.807, 2.05) is 7.05 Å². The first kappa shape index (κ1) is 13.0. The fourth-order valence-corrected chi connectivity index (χ4v) is 2.08. The van der Waals surface area contributed by atoms with Gasteiger partial charge in [-0.1, -0.05) is 6.07 Å². The van der Waals surface area contributed by atoms with Gasteiger partial charge in [0.25, 0.3) is 0 Å². The Kier molecular flexibility index (Phi) is 4.28. The highest BCUT2D eigenvalue weighted by Gasteiger charge is 2.21. The molecule has 0 aromatic heterocycles. The zero-order valence-electron chi connectivity index (χ0n) is 10.4. The van der Waals surface area contributed by atoms with Gasteiger partial charge in [-0.25, -0.2) is 4.39 Å². The number of carbonyl (C=O) groups is 1. The van der Waals surface area contributed by atoms with Crippen LogP contribution in [0.2, 0.25) is 0 Å². The lowest BCUT2D eigenvalue weighted by molar-refractivity contribution is -0.117. The summed E-state index contributed by atoms with van der Waals surface area (Å²) in [4.78, 5) is 14.0. The molecule has 4 nitrogen and oxygen atoms in total. The average Bonchev–Trinajstić information content (AvgIpc) is 2.32. The predicted molar refractivity (Wildman–Crippen MR) is 68.9 cm³/mol. The molecular weight excluding hydrogens is 233 g/mol. The molecule has 1 fully saturated rings. The average molecular weight is 251 g/mol. The first-order valence-corrected chi connectivity index (χ1v) is 6.11. The van der Waals surface area contributed by atoms with Crippen LogP contribution < -0.4 is 10.6 Å². The number of piperazine rings is 1. The number of halogens is 1. The van der Waals surface area contributed by atoms with Gasteiger partial charge in [-0.2, -0.15) is 0 Å². The van der Waals surface area contributed by atoms with E-state index in [1.165, 1.54) is 12.1 Å². The third-order valence-electron chi connectivity index (χ3n) is 3.17. The number of hydrogen-bond acceptors (Lipinski definition) is 3. The van der Waals surface area contributed by atoms with Crippen LogP contribution in [0, 0.1) is 5.82 Å². The second-order valence-corrected chi connectivity index (χ2v) is 4.60. The third kappa shape index (κ3) is 3.51. The molecule has 0 radical (unpaired) electrons. The lowest BCUT2D eigenvalue weighted by atomic mass is 10.1. The topological polar surface area (TPSA) is 44.4 Å². The number of amides is 1. The Hall–Kier alpha value is -1.46. The molecule has 1 aromatic rings. The Balaban J connectivity index is 1.88. The minimum Gasteiger partial charge on any atom is -0.326 e. The van der Waals surface area contributed by atoms with E-state index in [-0.39, 0.29) is 17.8 Å². The van der Waals surface area contributed by atoms with E-state index in [4.69, 9.17) is 0 Å². The summed E-state index contributed by atoms with van der Waals surface area (Å²) in [5, 5.41) is 5.98. The molecular formula is C13H18FN3O. The van der Waals surface area contributed by atoms with Crippen LogP contribution in [0.4, 0.5) is 10.1 Å². The predicted octanol–water partition coefficient (Wildman–Crippen LogP) is 1.06. The summed E-state index contributed by atoms with van der Waals surface area (Å²) < 4.78 is 13.0. The molecule has 1 unspecified atom stereocenters. The van der Waals surface area contributed by atoms with Crippen LogP contribution in [-0.4, -0.2) is 43.5 Å². The Morgan fingerprint density at radius 3 is 3.17 bits per heavy atom. The Morgan fingerprint density at radius 2 is 2.44 bits per heavy atom. The minimum absolute atomic E-state index is 0.0823. The van der Waals surface area contributed by atoms with Gasteiger partial charge in [0, 0.05) is 37.8 Å². The van der Waals surface area contributed by atoms with E-state index in [0.717, 1.165) is 19.6 Å². The van der Waals surface area contributed by atoms with E-state index < -0.39 is 0 Å². The Bertz CT molecular complexity index is 424. The molecule has 0 bridgehead atoms. The van der Waals surface area contributed by atoms with Crippen LogP contribution in [0.25, 0.3) is 0 Å². The van der Waals surface area contributed by atoms with E-state index >= 15 is 0 Å². The zero-order valence-corrected chi connectivity index (χ0v) is 10.4. The molecule has 18 heavy (non-hydrogen) atoms. The number of nitrogens with one attached hydrogen (secondary N) is 2. The molecule has 1 heterocycles. The summed E-state index contributed by atoms with van der Waals surface area (Å²) in [5.74, 6) is -0.426. The van der Waals surface area contributed by atoms with Crippen molar-refractivity contribution in [1.29, 1.82) is 0 Å². The van der Waals surface area contributed by atoms with Crippen molar-refractivity contribution in [1.82, 2.24) is 10.2 Å². The number of rotatable bonds is 3. The quantitative estimate of drug-likeness (QED) is 0.844. The van der Waals surface area contributed by atoms with E-state index in [1.54, 1.807) is 12.1 Å². The molecule has 0 aliphatic carbocycles. The standard InChI is InChI=1S/C13H18FN3O/c1-17-6-5-15-9-12(17)8-13(18)16-11-4-2-3-10(14)7-11/h2-4,7,12,15H,5-6,8-9H2,1H3,(H,16,18). The monoisotopic (exact) mass is 251 g/mol. The molecule has 1 amide bonds. The smallest absolute Gasteiger partial charge is 0.225 e. The van der Waals surface area contributed by atoms with Gasteiger partial charge in [0.05, 0.1) is 0 Å². The first-order valence-electron chi connectivity index (χ1n) is 6.11. The van der Waals surface area contributed by atoms with Crippen LogP contribution in [0.1, 0.15) is 6.42 Å². The van der Waals surface area contributed by atoms with E-state index in [2.05, 4.69) is 15.5 Å². The summed E-state index contributed by atoms with van der Waals surface area (Å²) in [7, 11) is 2.01. The van der Waals surface area contributed by atoms with Crippen molar-refractivity contribution in [3.63, 3.8) is 0 Å². The largest absolute Gasteiger partial charge is 0.326 e. The SMILES string of the molecule is CN1CCNCC1CC(=O)Nc1cccc(F)c1. The summed E-state index contributed by atoms with van der Waals surface area (Å²) in [6.07, 6.45) is 0.417. The van der Waals surface area contributed by atoms with Gasteiger partial charge in [-0.15, -0.1) is 0 Å². The fourth-order valence-electron chi connectivity index (χ4n) is 2.08. The van der Waals surface area contributed by atoms with Gasteiger partial charge in [-0.3, -0.25) is 4.79 Å². The summed E-state index contributed by atoms with van der Waals surface area (Å²) in [5.41, 5.74) is 0.506. The van der Waals surface area contributed by atoms with Crippen LogP contribution in [-0.2, 0) is 4.79 Å². The summed E-state index contributed by atoms with van der Waals surface area (Å²) >= 11 is 0. The van der Waals surface area contributed by atoms with Gasteiger partial charge in [0.1, 0.15) is 5.82 Å². The minimum atomic E-state index is -0.343. The number of nitrogens with zero attached hydrogens (tertiary/aromatic N) is 1. The normalized spacial score (nSPS) is 20.7. The molecule has 2 rings (SSSR count). The number of likely N-dealkylation sites (N-methyl/N-ethyl adjacent to an activating group) is 1. The van der Waals surface area contributed by atoms with Crippen molar-refractivity contribution < 1.29 is 9.18 Å². The van der Waals surface area contributed by atoms with Gasteiger partial charge in [0.2, 0.25) is 5.91 Å². The maximum atomic E-state index is 13.0. The van der Waals surface area contributed by atoms with Crippen LogP contribution >= 0.6 is 0 Å². The molecule has 98 valence electrons. The van der Waals surface area contributed by atoms with E-state index in [9.17, 15) is 9.18 Å². The summed E-state index contributed by atoms with van der Waals surface area (Å²) in [6.45, 7) is 2.71. The second kappa shape index (κ2) is 5.93. The zero-order chi connectivity index (χ0) is 13.0. The molecule has 5 heteroatoms. The molecule has 1 aromatic carbocycles. The first-order chi connectivity index (χ1) is 8.65. The molecule has 1 aliphatic rings. The van der Waals surface area contributed by atoms with Crippen LogP contribution in [0.15, 0.2) is 24.3 Å². The van der Waals surface area contributed by atoms with Gasteiger partial charge >= 0.3 is 0 Å². The number of benzene rings is 1. The van der Waals surface area contributed by atoms with Crippen molar-refractivity contribution in [2.75, 3.05) is 32.0 Å². The molecule has 1 aliphatic heterocycles. The van der Waals surface area contributed by atoms with Gasteiger partial charge in [-0.05, 0) is 25.2 Å². The van der Waals surface area contributed by atoms with Crippen molar-refractivity contribution in [2.45, 2.75) is 12.5 Å². The lowest BCUT2D eigenvalue weighted by Gasteiger charge is -2.32. The highest BCUT2D eigenvalue weighted by atomic mass is 19.1. The number of carbonyl (C=O) groups excluding carboxylic acids is 1. The number of hydrogen-bond donors (Lipinski definition) is 2. The fraction of sp³-hybridized carbons (Fsp3) is 0.462. The lowest BCUT2D eigenvalue weighted by Crippen LogP contribution is -2.50. The van der Waals surface area contributed by atoms with Crippen molar-refractivity contribution >= 4 is 11.6 Å². The summed E-state index contributed by atoms with van der Waals surface area (Å²) in [6, 6.07) is 6.14.